The van der Waals surface area contributed by atoms with Gasteiger partial charge in [-0.1, -0.05) is 19.0 Å². The molecule has 3 N–H and O–H groups in total. The van der Waals surface area contributed by atoms with Crippen molar-refractivity contribution in [2.24, 2.45) is 10.9 Å². The number of oxime groups is 1. The van der Waals surface area contributed by atoms with Crippen LogP contribution in [0.5, 0.6) is 0 Å². The molecular formula is C13H20FN3O. The Balaban J connectivity index is 2.92. The molecule has 100 valence electrons. The molecule has 0 atom stereocenters. The van der Waals surface area contributed by atoms with E-state index >= 15 is 0 Å². The molecule has 0 amide bonds. The quantitative estimate of drug-likeness (QED) is 0.353. The van der Waals surface area contributed by atoms with Gasteiger partial charge in [0, 0.05) is 12.1 Å². The Kier molecular flexibility index (Phi) is 5.58. The van der Waals surface area contributed by atoms with Gasteiger partial charge in [-0.25, -0.2) is 4.39 Å². The highest BCUT2D eigenvalue weighted by atomic mass is 19.1. The maximum absolute atomic E-state index is 13.5. The van der Waals surface area contributed by atoms with E-state index in [1.165, 1.54) is 12.1 Å². The number of halogens is 1. The number of hydrogen-bond acceptors (Lipinski definition) is 3. The van der Waals surface area contributed by atoms with Gasteiger partial charge in [0.25, 0.3) is 0 Å². The summed E-state index contributed by atoms with van der Waals surface area (Å²) < 4.78 is 13.5. The lowest BCUT2D eigenvalue weighted by atomic mass is 10.1. The lowest BCUT2D eigenvalue weighted by molar-refractivity contribution is 0.280. The molecule has 0 heterocycles. The molecule has 0 spiro atoms. The first-order valence-corrected chi connectivity index (χ1v) is 6.10. The van der Waals surface area contributed by atoms with Crippen molar-refractivity contribution in [1.82, 2.24) is 4.90 Å². The van der Waals surface area contributed by atoms with Crippen LogP contribution < -0.4 is 5.73 Å². The lowest BCUT2D eigenvalue weighted by Crippen LogP contribution is -2.24. The van der Waals surface area contributed by atoms with Crippen LogP contribution in [0.3, 0.4) is 0 Å². The molecule has 0 aromatic heterocycles. The first kappa shape index (κ1) is 14.4. The largest absolute Gasteiger partial charge is 0.409 e. The summed E-state index contributed by atoms with van der Waals surface area (Å²) in [6, 6.07) is 4.48. The topological polar surface area (TPSA) is 61.8 Å². The molecule has 0 saturated heterocycles. The Bertz CT molecular complexity index is 421. The van der Waals surface area contributed by atoms with Crippen molar-refractivity contribution in [3.8, 4) is 0 Å². The van der Waals surface area contributed by atoms with Crippen molar-refractivity contribution in [3.05, 3.63) is 35.1 Å². The molecular weight excluding hydrogens is 233 g/mol. The number of nitrogens with two attached hydrogens (primary N) is 1. The third kappa shape index (κ3) is 4.00. The van der Waals surface area contributed by atoms with Crippen molar-refractivity contribution < 1.29 is 9.60 Å². The molecule has 1 aromatic carbocycles. The predicted octanol–water partition coefficient (Wildman–Crippen LogP) is 2.15. The van der Waals surface area contributed by atoms with E-state index in [1.54, 1.807) is 6.07 Å². The van der Waals surface area contributed by atoms with E-state index in [2.05, 4.69) is 23.9 Å². The molecule has 1 rings (SSSR count). The SMILES string of the molecule is CCCN(CC)Cc1cc(F)cc(/C(N)=N/O)c1. The van der Waals surface area contributed by atoms with Gasteiger partial charge in [0.1, 0.15) is 5.82 Å². The zero-order chi connectivity index (χ0) is 13.5. The molecule has 5 heteroatoms. The average Bonchev–Trinajstić information content (AvgIpc) is 2.36. The van der Waals surface area contributed by atoms with Crippen molar-refractivity contribution >= 4 is 5.84 Å². The van der Waals surface area contributed by atoms with E-state index in [0.29, 0.717) is 12.1 Å². The summed E-state index contributed by atoms with van der Waals surface area (Å²) in [5, 5.41) is 11.5. The highest BCUT2D eigenvalue weighted by Crippen LogP contribution is 2.12. The van der Waals surface area contributed by atoms with Gasteiger partial charge < -0.3 is 10.9 Å². The summed E-state index contributed by atoms with van der Waals surface area (Å²) in [4.78, 5) is 2.21. The summed E-state index contributed by atoms with van der Waals surface area (Å²) in [7, 11) is 0. The van der Waals surface area contributed by atoms with E-state index in [4.69, 9.17) is 10.9 Å². The van der Waals surface area contributed by atoms with E-state index in [0.717, 1.165) is 25.1 Å². The fourth-order valence-corrected chi connectivity index (χ4v) is 1.87. The third-order valence-electron chi connectivity index (χ3n) is 2.75. The van der Waals surface area contributed by atoms with Crippen LogP contribution in [0.4, 0.5) is 4.39 Å². The number of amidine groups is 1. The van der Waals surface area contributed by atoms with Gasteiger partial charge in [0.15, 0.2) is 5.84 Å². The normalized spacial score (nSPS) is 12.1. The molecule has 0 aliphatic heterocycles. The molecule has 0 aliphatic rings. The van der Waals surface area contributed by atoms with E-state index < -0.39 is 0 Å². The summed E-state index contributed by atoms with van der Waals surface area (Å²) in [5.74, 6) is -0.448. The number of benzene rings is 1. The van der Waals surface area contributed by atoms with Crippen molar-refractivity contribution in [1.29, 1.82) is 0 Å². The summed E-state index contributed by atoms with van der Waals surface area (Å²) >= 11 is 0. The van der Waals surface area contributed by atoms with E-state index in [1.807, 2.05) is 0 Å². The van der Waals surface area contributed by atoms with Gasteiger partial charge in [-0.05, 0) is 43.3 Å². The standard InChI is InChI=1S/C13H20FN3O/c1-3-5-17(4-2)9-10-6-11(13(15)16-18)8-12(14)7-10/h6-8,18H,3-5,9H2,1-2H3,(H2,15,16). The molecule has 1 aromatic rings. The Morgan fingerprint density at radius 1 is 1.39 bits per heavy atom. The minimum absolute atomic E-state index is 0.0747. The molecule has 0 unspecified atom stereocenters. The zero-order valence-corrected chi connectivity index (χ0v) is 10.9. The second-order valence-electron chi connectivity index (χ2n) is 4.20. The van der Waals surface area contributed by atoms with Gasteiger partial charge in [-0.3, -0.25) is 4.90 Å². The van der Waals surface area contributed by atoms with Crippen LogP contribution in [0.25, 0.3) is 0 Å². The lowest BCUT2D eigenvalue weighted by Gasteiger charge is -2.19. The fourth-order valence-electron chi connectivity index (χ4n) is 1.87. The molecule has 4 nitrogen and oxygen atoms in total. The fraction of sp³-hybridized carbons (Fsp3) is 0.462. The molecule has 0 bridgehead atoms. The number of nitrogens with zero attached hydrogens (tertiary/aromatic N) is 2. The highest BCUT2D eigenvalue weighted by molar-refractivity contribution is 5.97. The predicted molar refractivity (Wildman–Crippen MR) is 70.2 cm³/mol. The first-order chi connectivity index (χ1) is 8.60. The minimum Gasteiger partial charge on any atom is -0.409 e. The Hall–Kier alpha value is -1.62. The van der Waals surface area contributed by atoms with E-state index in [9.17, 15) is 4.39 Å². The maximum atomic E-state index is 13.5. The number of rotatable bonds is 6. The van der Waals surface area contributed by atoms with Gasteiger partial charge in [0.2, 0.25) is 0 Å². The zero-order valence-electron chi connectivity index (χ0n) is 10.9. The van der Waals surface area contributed by atoms with Crippen molar-refractivity contribution in [2.75, 3.05) is 13.1 Å². The highest BCUT2D eigenvalue weighted by Gasteiger charge is 2.08. The molecule has 0 aliphatic carbocycles. The molecule has 0 radical (unpaired) electrons. The van der Waals surface area contributed by atoms with Crippen molar-refractivity contribution in [2.45, 2.75) is 26.8 Å². The van der Waals surface area contributed by atoms with Gasteiger partial charge in [0.05, 0.1) is 0 Å². The van der Waals surface area contributed by atoms with Crippen LogP contribution >= 0.6 is 0 Å². The van der Waals surface area contributed by atoms with Crippen LogP contribution in [0, 0.1) is 5.82 Å². The molecule has 0 fully saturated rings. The van der Waals surface area contributed by atoms with Crippen LogP contribution in [-0.4, -0.2) is 29.0 Å². The van der Waals surface area contributed by atoms with Crippen LogP contribution in [0.2, 0.25) is 0 Å². The third-order valence-corrected chi connectivity index (χ3v) is 2.75. The number of hydrogen-bond donors (Lipinski definition) is 2. The second-order valence-corrected chi connectivity index (χ2v) is 4.20. The molecule has 18 heavy (non-hydrogen) atoms. The minimum atomic E-state index is -0.373. The molecule has 0 saturated carbocycles. The summed E-state index contributed by atoms with van der Waals surface area (Å²) in [5.41, 5.74) is 6.70. The second kappa shape index (κ2) is 6.96. The monoisotopic (exact) mass is 253 g/mol. The van der Waals surface area contributed by atoms with Gasteiger partial charge in [-0.2, -0.15) is 0 Å². The van der Waals surface area contributed by atoms with E-state index in [-0.39, 0.29) is 11.7 Å². The van der Waals surface area contributed by atoms with Crippen LogP contribution in [0.1, 0.15) is 31.4 Å². The first-order valence-electron chi connectivity index (χ1n) is 6.10. The van der Waals surface area contributed by atoms with Crippen LogP contribution in [0.15, 0.2) is 23.4 Å². The Labute approximate surface area is 107 Å². The van der Waals surface area contributed by atoms with Gasteiger partial charge >= 0.3 is 0 Å². The van der Waals surface area contributed by atoms with Crippen molar-refractivity contribution in [3.63, 3.8) is 0 Å². The van der Waals surface area contributed by atoms with Crippen LogP contribution in [-0.2, 0) is 6.54 Å². The smallest absolute Gasteiger partial charge is 0.170 e. The summed E-state index contributed by atoms with van der Waals surface area (Å²) in [6.07, 6.45) is 1.05. The summed E-state index contributed by atoms with van der Waals surface area (Å²) in [6.45, 7) is 6.71. The van der Waals surface area contributed by atoms with Gasteiger partial charge in [-0.15, -0.1) is 0 Å². The Morgan fingerprint density at radius 2 is 2.11 bits per heavy atom. The average molecular weight is 253 g/mol. The maximum Gasteiger partial charge on any atom is 0.170 e. The Morgan fingerprint density at radius 3 is 2.67 bits per heavy atom.